The largest absolute Gasteiger partial charge is 0.335 e. The van der Waals surface area contributed by atoms with Crippen molar-refractivity contribution < 1.29 is 9.18 Å². The van der Waals surface area contributed by atoms with Crippen LogP contribution in [0.25, 0.3) is 0 Å². The van der Waals surface area contributed by atoms with Crippen LogP contribution in [0.15, 0.2) is 23.1 Å². The van der Waals surface area contributed by atoms with Gasteiger partial charge in [0.05, 0.1) is 0 Å². The highest BCUT2D eigenvalue weighted by Crippen LogP contribution is 2.16. The molecule has 3 nitrogen and oxygen atoms in total. The van der Waals surface area contributed by atoms with E-state index in [4.69, 9.17) is 0 Å². The molecule has 1 aromatic carbocycles. The van der Waals surface area contributed by atoms with Crippen molar-refractivity contribution in [2.24, 2.45) is 0 Å². The molecular weight excluding hydrogens is 263 g/mol. The molecule has 0 saturated heterocycles. The van der Waals surface area contributed by atoms with E-state index in [1.807, 2.05) is 32.8 Å². The summed E-state index contributed by atoms with van der Waals surface area (Å²) in [5.41, 5.74) is 0.471. The molecule has 0 aliphatic rings. The highest BCUT2D eigenvalue weighted by atomic mass is 32.1. The first-order valence-electron chi connectivity index (χ1n) is 6.31. The average molecular weight is 284 g/mol. The Labute approximate surface area is 119 Å². The third kappa shape index (κ3) is 4.21. The maximum Gasteiger partial charge on any atom is 0.254 e. The fourth-order valence-corrected chi connectivity index (χ4v) is 2.31. The fraction of sp³-hybridized carbons (Fsp3) is 0.500. The van der Waals surface area contributed by atoms with Crippen LogP contribution in [-0.4, -0.2) is 48.9 Å². The highest BCUT2D eigenvalue weighted by molar-refractivity contribution is 7.80. The number of hydrogen-bond donors (Lipinski definition) is 1. The van der Waals surface area contributed by atoms with Crippen LogP contribution in [0, 0.1) is 5.82 Å². The molecule has 0 spiro atoms. The number of hydrogen-bond acceptors (Lipinski definition) is 3. The molecule has 0 bridgehead atoms. The van der Waals surface area contributed by atoms with Crippen LogP contribution < -0.4 is 0 Å². The van der Waals surface area contributed by atoms with Gasteiger partial charge >= 0.3 is 0 Å². The van der Waals surface area contributed by atoms with Gasteiger partial charge in [-0.15, -0.1) is 12.6 Å². The maximum atomic E-state index is 13.2. The molecule has 0 aliphatic heterocycles. The molecule has 1 aromatic rings. The summed E-state index contributed by atoms with van der Waals surface area (Å²) in [6.07, 6.45) is 0. The van der Waals surface area contributed by atoms with Crippen LogP contribution in [0.5, 0.6) is 0 Å². The van der Waals surface area contributed by atoms with Crippen molar-refractivity contribution in [2.75, 3.05) is 27.2 Å². The second-order valence-corrected chi connectivity index (χ2v) is 5.35. The van der Waals surface area contributed by atoms with Crippen molar-refractivity contribution in [3.05, 3.63) is 29.6 Å². The number of rotatable bonds is 5. The van der Waals surface area contributed by atoms with E-state index in [0.29, 0.717) is 12.1 Å². The first-order chi connectivity index (χ1) is 8.86. The summed E-state index contributed by atoms with van der Waals surface area (Å²) in [6, 6.07) is 4.36. The standard InChI is InChI=1S/C14H21FN2OS/c1-5-17(10(2)9-16(3)4)14(18)11-6-7-12(15)13(19)8-11/h6-8,10,19H,5,9H2,1-4H3. The van der Waals surface area contributed by atoms with E-state index < -0.39 is 5.82 Å². The lowest BCUT2D eigenvalue weighted by atomic mass is 10.1. The Bertz CT molecular complexity index is 451. The summed E-state index contributed by atoms with van der Waals surface area (Å²) in [7, 11) is 3.94. The zero-order chi connectivity index (χ0) is 14.6. The minimum atomic E-state index is -0.413. The van der Waals surface area contributed by atoms with E-state index >= 15 is 0 Å². The Morgan fingerprint density at radius 3 is 2.53 bits per heavy atom. The highest BCUT2D eigenvalue weighted by Gasteiger charge is 2.20. The zero-order valence-electron chi connectivity index (χ0n) is 11.9. The molecule has 1 atom stereocenters. The van der Waals surface area contributed by atoms with Crippen molar-refractivity contribution in [1.82, 2.24) is 9.80 Å². The molecule has 0 aromatic heterocycles. The lowest BCUT2D eigenvalue weighted by Gasteiger charge is -2.30. The topological polar surface area (TPSA) is 23.6 Å². The molecule has 1 unspecified atom stereocenters. The number of carbonyl (C=O) groups is 1. The SMILES string of the molecule is CCN(C(=O)c1ccc(F)c(S)c1)C(C)CN(C)C. The molecule has 0 fully saturated rings. The Kier molecular flexibility index (Phi) is 5.82. The predicted molar refractivity (Wildman–Crippen MR) is 78.4 cm³/mol. The lowest BCUT2D eigenvalue weighted by Crippen LogP contribution is -2.43. The van der Waals surface area contributed by atoms with Crippen LogP contribution in [0.2, 0.25) is 0 Å². The summed E-state index contributed by atoms with van der Waals surface area (Å²) in [5, 5.41) is 0. The van der Waals surface area contributed by atoms with Gasteiger partial charge in [-0.3, -0.25) is 4.79 Å². The molecule has 0 radical (unpaired) electrons. The molecule has 19 heavy (non-hydrogen) atoms. The van der Waals surface area contributed by atoms with E-state index in [9.17, 15) is 9.18 Å². The molecule has 106 valence electrons. The molecule has 0 saturated carbocycles. The second kappa shape index (κ2) is 6.91. The zero-order valence-corrected chi connectivity index (χ0v) is 12.7. The van der Waals surface area contributed by atoms with Gasteiger partial charge in [-0.1, -0.05) is 0 Å². The lowest BCUT2D eigenvalue weighted by molar-refractivity contribution is 0.0678. The number of benzene rings is 1. The maximum absolute atomic E-state index is 13.2. The number of amides is 1. The van der Waals surface area contributed by atoms with Crippen LogP contribution in [0.1, 0.15) is 24.2 Å². The normalized spacial score (nSPS) is 12.6. The van der Waals surface area contributed by atoms with E-state index in [0.717, 1.165) is 6.54 Å². The van der Waals surface area contributed by atoms with E-state index in [1.54, 1.807) is 4.90 Å². The van der Waals surface area contributed by atoms with E-state index in [2.05, 4.69) is 12.6 Å². The van der Waals surface area contributed by atoms with Gasteiger partial charge in [0.15, 0.2) is 0 Å². The van der Waals surface area contributed by atoms with Crippen molar-refractivity contribution in [3.8, 4) is 0 Å². The number of likely N-dealkylation sites (N-methyl/N-ethyl adjacent to an activating group) is 2. The second-order valence-electron chi connectivity index (χ2n) is 4.87. The van der Waals surface area contributed by atoms with Crippen molar-refractivity contribution in [1.29, 1.82) is 0 Å². The Hall–Kier alpha value is -1.07. The number of nitrogens with zero attached hydrogens (tertiary/aromatic N) is 2. The third-order valence-electron chi connectivity index (χ3n) is 2.96. The van der Waals surface area contributed by atoms with Crippen molar-refractivity contribution in [2.45, 2.75) is 24.8 Å². The molecule has 0 heterocycles. The molecule has 0 N–H and O–H groups in total. The van der Waals surface area contributed by atoms with Crippen LogP contribution in [-0.2, 0) is 0 Å². The van der Waals surface area contributed by atoms with Gasteiger partial charge in [-0.25, -0.2) is 4.39 Å². The third-order valence-corrected chi connectivity index (χ3v) is 3.30. The van der Waals surface area contributed by atoms with Gasteiger partial charge in [0, 0.05) is 29.6 Å². The van der Waals surface area contributed by atoms with E-state index in [-0.39, 0.29) is 16.8 Å². The molecule has 1 amide bonds. The first-order valence-corrected chi connectivity index (χ1v) is 6.75. The Morgan fingerprint density at radius 2 is 2.05 bits per heavy atom. The fourth-order valence-electron chi connectivity index (χ4n) is 2.09. The van der Waals surface area contributed by atoms with Gasteiger partial charge < -0.3 is 9.80 Å². The van der Waals surface area contributed by atoms with Crippen LogP contribution in [0.3, 0.4) is 0 Å². The summed E-state index contributed by atoms with van der Waals surface area (Å²) >= 11 is 4.01. The smallest absolute Gasteiger partial charge is 0.254 e. The van der Waals surface area contributed by atoms with E-state index in [1.165, 1.54) is 18.2 Å². The summed E-state index contributed by atoms with van der Waals surface area (Å²) in [6.45, 7) is 5.35. The minimum Gasteiger partial charge on any atom is -0.335 e. The predicted octanol–water partition coefficient (Wildman–Crippen LogP) is 2.53. The summed E-state index contributed by atoms with van der Waals surface area (Å²) < 4.78 is 13.2. The minimum absolute atomic E-state index is 0.0906. The van der Waals surface area contributed by atoms with Crippen LogP contribution >= 0.6 is 12.6 Å². The molecule has 1 rings (SSSR count). The van der Waals surface area contributed by atoms with Gasteiger partial charge in [-0.05, 0) is 46.1 Å². The average Bonchev–Trinajstić information content (AvgIpc) is 2.32. The van der Waals surface area contributed by atoms with Gasteiger partial charge in [0.25, 0.3) is 5.91 Å². The monoisotopic (exact) mass is 284 g/mol. The Morgan fingerprint density at radius 1 is 1.42 bits per heavy atom. The van der Waals surface area contributed by atoms with Crippen molar-refractivity contribution in [3.63, 3.8) is 0 Å². The quantitative estimate of drug-likeness (QED) is 0.840. The van der Waals surface area contributed by atoms with Gasteiger partial charge in [0.1, 0.15) is 5.82 Å². The molecular formula is C14H21FN2OS. The number of thiol groups is 1. The Balaban J connectivity index is 2.91. The van der Waals surface area contributed by atoms with Crippen molar-refractivity contribution >= 4 is 18.5 Å². The number of carbonyl (C=O) groups excluding carboxylic acids is 1. The van der Waals surface area contributed by atoms with Gasteiger partial charge in [0.2, 0.25) is 0 Å². The summed E-state index contributed by atoms with van der Waals surface area (Å²) in [5.74, 6) is -0.503. The first kappa shape index (κ1) is 16.0. The molecule has 0 aliphatic carbocycles. The van der Waals surface area contributed by atoms with Gasteiger partial charge in [-0.2, -0.15) is 0 Å². The summed E-state index contributed by atoms with van der Waals surface area (Å²) in [4.78, 5) is 16.4. The number of halogens is 1. The molecule has 5 heteroatoms. The van der Waals surface area contributed by atoms with Crippen LogP contribution in [0.4, 0.5) is 4.39 Å².